The molecule has 74 valence electrons. The molecule has 0 spiro atoms. The zero-order valence-corrected chi connectivity index (χ0v) is 7.53. The van der Waals surface area contributed by atoms with Crippen LogP contribution in [0.2, 0.25) is 0 Å². The summed E-state index contributed by atoms with van der Waals surface area (Å²) < 4.78 is 30.6. The summed E-state index contributed by atoms with van der Waals surface area (Å²) in [7, 11) is -4.46. The van der Waals surface area contributed by atoms with Gasteiger partial charge in [0.2, 0.25) is 0 Å². The molecule has 0 aliphatic heterocycles. The summed E-state index contributed by atoms with van der Waals surface area (Å²) in [6, 6.07) is -1.00. The largest absolute Gasteiger partial charge is 0.399 e. The molecule has 1 rings (SSSR count). The van der Waals surface area contributed by atoms with Crippen LogP contribution < -0.4 is 17.2 Å². The quantitative estimate of drug-likeness (QED) is 0.376. The van der Waals surface area contributed by atoms with Gasteiger partial charge in [0, 0.05) is 5.70 Å². The molecule has 0 aromatic carbocycles. The molecular formula is C6H11N3O3S. The predicted octanol–water partition coefficient (Wildman–Crippen LogP) is -1.73. The summed E-state index contributed by atoms with van der Waals surface area (Å²) in [5.41, 5.74) is 16.3. The van der Waals surface area contributed by atoms with Crippen LogP contribution in [0.25, 0.3) is 0 Å². The van der Waals surface area contributed by atoms with Crippen molar-refractivity contribution in [2.24, 2.45) is 17.2 Å². The topological polar surface area (TPSA) is 132 Å². The predicted molar refractivity (Wildman–Crippen MR) is 47.9 cm³/mol. The molecule has 0 bridgehead atoms. The van der Waals surface area contributed by atoms with Crippen LogP contribution >= 0.6 is 0 Å². The van der Waals surface area contributed by atoms with Crippen molar-refractivity contribution < 1.29 is 13.0 Å². The molecule has 1 aliphatic rings. The molecule has 1 aliphatic carbocycles. The maximum absolute atomic E-state index is 10.9. The molecule has 0 heterocycles. The van der Waals surface area contributed by atoms with E-state index in [4.69, 9.17) is 21.8 Å². The van der Waals surface area contributed by atoms with Crippen LogP contribution in [0.15, 0.2) is 23.9 Å². The fourth-order valence-electron chi connectivity index (χ4n) is 1.02. The van der Waals surface area contributed by atoms with Gasteiger partial charge in [0.1, 0.15) is 0 Å². The molecule has 0 amide bonds. The molecule has 0 saturated heterocycles. The Morgan fingerprint density at radius 3 is 2.46 bits per heavy atom. The third-order valence-corrected chi connectivity index (χ3v) is 3.14. The van der Waals surface area contributed by atoms with Crippen LogP contribution in [0, 0.1) is 0 Å². The highest BCUT2D eigenvalue weighted by Gasteiger charge is 2.43. The van der Waals surface area contributed by atoms with E-state index in [-0.39, 0.29) is 5.70 Å². The summed E-state index contributed by atoms with van der Waals surface area (Å²) in [6.45, 7) is 0. The lowest BCUT2D eigenvalue weighted by atomic mass is 10.0. The van der Waals surface area contributed by atoms with Crippen LogP contribution in [0.5, 0.6) is 0 Å². The normalized spacial score (nSPS) is 34.4. The highest BCUT2D eigenvalue weighted by molar-refractivity contribution is 7.87. The highest BCUT2D eigenvalue weighted by Crippen LogP contribution is 2.21. The van der Waals surface area contributed by atoms with Crippen LogP contribution in [-0.2, 0) is 10.1 Å². The molecule has 6 nitrogen and oxygen atoms in total. The maximum Gasteiger partial charge on any atom is 0.289 e. The molecule has 7 heteroatoms. The van der Waals surface area contributed by atoms with Crippen molar-refractivity contribution >= 4 is 10.1 Å². The first-order chi connectivity index (χ1) is 5.77. The van der Waals surface area contributed by atoms with Gasteiger partial charge in [-0.1, -0.05) is 6.08 Å². The van der Waals surface area contributed by atoms with Gasteiger partial charge in [0.05, 0.1) is 6.04 Å². The van der Waals surface area contributed by atoms with Crippen molar-refractivity contribution in [3.63, 3.8) is 0 Å². The first kappa shape index (κ1) is 10.2. The van der Waals surface area contributed by atoms with Crippen LogP contribution in [0.4, 0.5) is 0 Å². The molecule has 0 fully saturated rings. The Kier molecular flexibility index (Phi) is 2.20. The first-order valence-corrected chi connectivity index (χ1v) is 4.89. The number of allylic oxidation sites excluding steroid dienone is 1. The van der Waals surface area contributed by atoms with Crippen molar-refractivity contribution in [1.82, 2.24) is 0 Å². The fraction of sp³-hybridized carbons (Fsp3) is 0.333. The Morgan fingerprint density at radius 2 is 2.08 bits per heavy atom. The fourth-order valence-corrected chi connectivity index (χ4v) is 1.72. The summed E-state index contributed by atoms with van der Waals surface area (Å²) in [5.74, 6) is 0. The number of hydrogen-bond donors (Lipinski definition) is 4. The van der Waals surface area contributed by atoms with Gasteiger partial charge in [-0.25, -0.2) is 0 Å². The van der Waals surface area contributed by atoms with Gasteiger partial charge in [0.25, 0.3) is 10.1 Å². The van der Waals surface area contributed by atoms with E-state index in [2.05, 4.69) is 0 Å². The summed E-state index contributed by atoms with van der Waals surface area (Å²) in [4.78, 5) is -2.02. The van der Waals surface area contributed by atoms with E-state index in [1.165, 1.54) is 12.2 Å². The average molecular weight is 205 g/mol. The zero-order valence-electron chi connectivity index (χ0n) is 6.71. The Hall–Kier alpha value is -0.890. The van der Waals surface area contributed by atoms with Gasteiger partial charge in [-0.15, -0.1) is 0 Å². The Bertz CT molecular complexity index is 373. The van der Waals surface area contributed by atoms with E-state index in [1.54, 1.807) is 0 Å². The third kappa shape index (κ3) is 1.59. The number of hydrogen-bond acceptors (Lipinski definition) is 5. The molecule has 0 saturated carbocycles. The molecule has 0 radical (unpaired) electrons. The first-order valence-electron chi connectivity index (χ1n) is 3.45. The van der Waals surface area contributed by atoms with Crippen molar-refractivity contribution in [2.75, 3.05) is 0 Å². The Morgan fingerprint density at radius 1 is 1.54 bits per heavy atom. The third-order valence-electron chi connectivity index (χ3n) is 1.86. The molecule has 0 aromatic heterocycles. The van der Waals surface area contributed by atoms with E-state index >= 15 is 0 Å². The van der Waals surface area contributed by atoms with E-state index < -0.39 is 21.0 Å². The van der Waals surface area contributed by atoms with E-state index in [0.717, 1.165) is 6.08 Å². The molecule has 0 aromatic rings. The van der Waals surface area contributed by atoms with Crippen molar-refractivity contribution in [1.29, 1.82) is 0 Å². The van der Waals surface area contributed by atoms with Crippen molar-refractivity contribution in [3.8, 4) is 0 Å². The number of nitrogens with two attached hydrogens (primary N) is 3. The maximum atomic E-state index is 10.9. The second-order valence-electron chi connectivity index (χ2n) is 2.86. The zero-order chi connectivity index (χ0) is 10.3. The second-order valence-corrected chi connectivity index (χ2v) is 4.52. The minimum atomic E-state index is -4.46. The SMILES string of the molecule is NC1=CC(N)(S(=O)(=O)O)C(N)C=C1. The van der Waals surface area contributed by atoms with Gasteiger partial charge in [-0.3, -0.25) is 4.55 Å². The van der Waals surface area contributed by atoms with Gasteiger partial charge < -0.3 is 17.2 Å². The van der Waals surface area contributed by atoms with E-state index in [1.807, 2.05) is 0 Å². The standard InChI is InChI=1S/C6H11N3O3S/c7-4-1-2-5(8)6(9,3-4)13(10,11)12/h1-3,5H,7-9H2,(H,10,11,12). The van der Waals surface area contributed by atoms with Crippen LogP contribution in [0.1, 0.15) is 0 Å². The lowest BCUT2D eigenvalue weighted by Crippen LogP contribution is -2.59. The lowest BCUT2D eigenvalue weighted by Gasteiger charge is -2.29. The van der Waals surface area contributed by atoms with E-state index in [9.17, 15) is 8.42 Å². The highest BCUT2D eigenvalue weighted by atomic mass is 32.2. The van der Waals surface area contributed by atoms with E-state index in [0.29, 0.717) is 0 Å². The summed E-state index contributed by atoms with van der Waals surface area (Å²) in [6.07, 6.45) is 3.77. The molecule has 2 atom stereocenters. The van der Waals surface area contributed by atoms with Gasteiger partial charge in [-0.05, 0) is 12.2 Å². The van der Waals surface area contributed by atoms with Crippen LogP contribution in [0.3, 0.4) is 0 Å². The Balaban J connectivity index is 3.25. The van der Waals surface area contributed by atoms with Crippen LogP contribution in [-0.4, -0.2) is 23.9 Å². The molecule has 13 heavy (non-hydrogen) atoms. The van der Waals surface area contributed by atoms with Gasteiger partial charge >= 0.3 is 0 Å². The second kappa shape index (κ2) is 2.81. The molecule has 7 N–H and O–H groups in total. The Labute approximate surface area is 75.8 Å². The molecular weight excluding hydrogens is 194 g/mol. The van der Waals surface area contributed by atoms with Gasteiger partial charge in [0.15, 0.2) is 4.87 Å². The monoisotopic (exact) mass is 205 g/mol. The summed E-state index contributed by atoms with van der Waals surface area (Å²) in [5, 5.41) is 0. The number of rotatable bonds is 1. The minimum absolute atomic E-state index is 0.154. The van der Waals surface area contributed by atoms with Crippen molar-refractivity contribution in [3.05, 3.63) is 23.9 Å². The van der Waals surface area contributed by atoms with Crippen molar-refractivity contribution in [2.45, 2.75) is 10.9 Å². The summed E-state index contributed by atoms with van der Waals surface area (Å²) >= 11 is 0. The molecule has 2 unspecified atom stereocenters. The average Bonchev–Trinajstić information content (AvgIpc) is 1.95. The minimum Gasteiger partial charge on any atom is -0.399 e. The van der Waals surface area contributed by atoms with Gasteiger partial charge in [-0.2, -0.15) is 8.42 Å². The smallest absolute Gasteiger partial charge is 0.289 e. The lowest BCUT2D eigenvalue weighted by molar-refractivity contribution is 0.434.